The van der Waals surface area contributed by atoms with Crippen LogP contribution in [-0.2, 0) is 16.1 Å². The molecule has 0 bridgehead atoms. The Kier molecular flexibility index (Phi) is 9.30. The van der Waals surface area contributed by atoms with E-state index < -0.39 is 6.04 Å². The summed E-state index contributed by atoms with van der Waals surface area (Å²) in [7, 11) is 0. The summed E-state index contributed by atoms with van der Waals surface area (Å²) >= 11 is 0. The van der Waals surface area contributed by atoms with Gasteiger partial charge in [-0.25, -0.2) is 0 Å². The number of hydrogen-bond acceptors (Lipinski definition) is 3. The predicted octanol–water partition coefficient (Wildman–Crippen LogP) is 5.02. The molecule has 174 valence electrons. The number of benzene rings is 2. The van der Waals surface area contributed by atoms with E-state index in [0.717, 1.165) is 34.2 Å². The molecule has 5 heteroatoms. The van der Waals surface area contributed by atoms with Gasteiger partial charge in [0.1, 0.15) is 11.8 Å². The SMILES string of the molecule is CC[C@H](C)NC(=O)[C@H](CC)N(Cc1ccc(C)cc1)C(=O)COc1cc(C)cc(C)c1C. The van der Waals surface area contributed by atoms with Crippen LogP contribution < -0.4 is 10.1 Å². The van der Waals surface area contributed by atoms with Crippen LogP contribution in [0.3, 0.4) is 0 Å². The van der Waals surface area contributed by atoms with E-state index in [9.17, 15) is 9.59 Å². The first-order valence-corrected chi connectivity index (χ1v) is 11.5. The number of ether oxygens (including phenoxy) is 1. The van der Waals surface area contributed by atoms with Crippen molar-refractivity contribution in [1.82, 2.24) is 10.2 Å². The molecule has 0 unspecified atom stereocenters. The Morgan fingerprint density at radius 1 is 0.969 bits per heavy atom. The standard InChI is InChI=1S/C27H38N2O3/c1-8-21(6)28-27(31)24(9-2)29(16-23-12-10-18(3)11-13-23)26(30)17-32-25-15-19(4)14-20(5)22(25)7/h10-15,21,24H,8-9,16-17H2,1-7H3,(H,28,31)/t21-,24-/m0/s1. The van der Waals surface area contributed by atoms with Crippen LogP contribution in [0.25, 0.3) is 0 Å². The Morgan fingerprint density at radius 2 is 1.62 bits per heavy atom. The van der Waals surface area contributed by atoms with Crippen molar-refractivity contribution in [3.63, 3.8) is 0 Å². The summed E-state index contributed by atoms with van der Waals surface area (Å²) in [5.41, 5.74) is 5.38. The maximum absolute atomic E-state index is 13.4. The van der Waals surface area contributed by atoms with Crippen molar-refractivity contribution >= 4 is 11.8 Å². The summed E-state index contributed by atoms with van der Waals surface area (Å²) < 4.78 is 5.95. The summed E-state index contributed by atoms with van der Waals surface area (Å²) in [6, 6.07) is 11.6. The van der Waals surface area contributed by atoms with Crippen LogP contribution in [0.5, 0.6) is 5.75 Å². The van der Waals surface area contributed by atoms with Gasteiger partial charge in [-0.05, 0) is 75.8 Å². The topological polar surface area (TPSA) is 58.6 Å². The van der Waals surface area contributed by atoms with Gasteiger partial charge >= 0.3 is 0 Å². The summed E-state index contributed by atoms with van der Waals surface area (Å²) in [6.45, 7) is 14.3. The molecular weight excluding hydrogens is 400 g/mol. The fourth-order valence-electron chi connectivity index (χ4n) is 3.62. The number of hydrogen-bond donors (Lipinski definition) is 1. The van der Waals surface area contributed by atoms with E-state index in [4.69, 9.17) is 4.74 Å². The molecule has 2 rings (SSSR count). The molecule has 0 radical (unpaired) electrons. The highest BCUT2D eigenvalue weighted by Gasteiger charge is 2.29. The number of nitrogens with one attached hydrogen (secondary N) is 1. The summed E-state index contributed by atoms with van der Waals surface area (Å²) in [6.07, 6.45) is 1.37. The molecular formula is C27H38N2O3. The van der Waals surface area contributed by atoms with Crippen LogP contribution in [0.4, 0.5) is 0 Å². The lowest BCUT2D eigenvalue weighted by Gasteiger charge is -2.31. The molecule has 2 aromatic rings. The fourth-order valence-corrected chi connectivity index (χ4v) is 3.62. The van der Waals surface area contributed by atoms with E-state index >= 15 is 0 Å². The van der Waals surface area contributed by atoms with E-state index in [1.54, 1.807) is 4.90 Å². The second kappa shape index (κ2) is 11.7. The normalized spacial score (nSPS) is 12.7. The van der Waals surface area contributed by atoms with E-state index in [1.165, 1.54) is 0 Å². The smallest absolute Gasteiger partial charge is 0.261 e. The Labute approximate surface area is 193 Å². The molecule has 0 heterocycles. The van der Waals surface area contributed by atoms with Gasteiger partial charge in [0.15, 0.2) is 6.61 Å². The second-order valence-electron chi connectivity index (χ2n) is 8.74. The molecule has 0 fully saturated rings. The molecule has 0 saturated carbocycles. The molecule has 2 atom stereocenters. The van der Waals surface area contributed by atoms with Gasteiger partial charge in [0.25, 0.3) is 5.91 Å². The molecule has 0 spiro atoms. The number of carbonyl (C=O) groups excluding carboxylic acids is 2. The lowest BCUT2D eigenvalue weighted by molar-refractivity contribution is -0.143. The minimum atomic E-state index is -0.554. The lowest BCUT2D eigenvalue weighted by atomic mass is 10.1. The van der Waals surface area contributed by atoms with Crippen LogP contribution in [-0.4, -0.2) is 35.4 Å². The molecule has 2 aromatic carbocycles. The molecule has 0 aliphatic carbocycles. The van der Waals surface area contributed by atoms with Gasteiger partial charge in [0.05, 0.1) is 0 Å². The van der Waals surface area contributed by atoms with Crippen LogP contribution >= 0.6 is 0 Å². The number of carbonyl (C=O) groups is 2. The molecule has 5 nitrogen and oxygen atoms in total. The zero-order chi connectivity index (χ0) is 23.8. The van der Waals surface area contributed by atoms with E-state index in [0.29, 0.717) is 18.7 Å². The van der Waals surface area contributed by atoms with Gasteiger partial charge in [-0.3, -0.25) is 9.59 Å². The Balaban J connectivity index is 2.26. The van der Waals surface area contributed by atoms with Gasteiger partial charge in [-0.1, -0.05) is 49.7 Å². The first-order chi connectivity index (χ1) is 15.2. The fraction of sp³-hybridized carbons (Fsp3) is 0.481. The third kappa shape index (κ3) is 6.84. The van der Waals surface area contributed by atoms with Crippen molar-refractivity contribution in [3.05, 3.63) is 64.2 Å². The number of nitrogens with zero attached hydrogens (tertiary/aromatic N) is 1. The van der Waals surface area contributed by atoms with Gasteiger partial charge in [0, 0.05) is 12.6 Å². The van der Waals surface area contributed by atoms with Crippen molar-refractivity contribution in [2.24, 2.45) is 0 Å². The van der Waals surface area contributed by atoms with Gasteiger partial charge in [-0.2, -0.15) is 0 Å². The summed E-state index contributed by atoms with van der Waals surface area (Å²) in [5, 5.41) is 3.04. The largest absolute Gasteiger partial charge is 0.483 e. The highest BCUT2D eigenvalue weighted by Crippen LogP contribution is 2.23. The molecule has 0 aromatic heterocycles. The minimum absolute atomic E-state index is 0.0574. The van der Waals surface area contributed by atoms with Gasteiger partial charge < -0.3 is 15.0 Å². The van der Waals surface area contributed by atoms with Crippen molar-refractivity contribution in [3.8, 4) is 5.75 Å². The highest BCUT2D eigenvalue weighted by molar-refractivity contribution is 5.88. The third-order valence-electron chi connectivity index (χ3n) is 5.98. The monoisotopic (exact) mass is 438 g/mol. The lowest BCUT2D eigenvalue weighted by Crippen LogP contribution is -2.51. The minimum Gasteiger partial charge on any atom is -0.483 e. The number of rotatable bonds is 10. The Bertz CT molecular complexity index is 921. The van der Waals surface area contributed by atoms with Crippen molar-refractivity contribution in [2.45, 2.75) is 79.9 Å². The Hall–Kier alpha value is -2.82. The highest BCUT2D eigenvalue weighted by atomic mass is 16.5. The Morgan fingerprint density at radius 3 is 2.22 bits per heavy atom. The van der Waals surface area contributed by atoms with E-state index in [1.807, 2.05) is 78.8 Å². The number of amides is 2. The quantitative estimate of drug-likeness (QED) is 0.567. The average molecular weight is 439 g/mol. The van der Waals surface area contributed by atoms with E-state index in [2.05, 4.69) is 11.4 Å². The van der Waals surface area contributed by atoms with Crippen molar-refractivity contribution in [1.29, 1.82) is 0 Å². The molecule has 0 aliphatic rings. The van der Waals surface area contributed by atoms with Crippen molar-refractivity contribution < 1.29 is 14.3 Å². The molecule has 0 saturated heterocycles. The van der Waals surface area contributed by atoms with Crippen LogP contribution in [0.2, 0.25) is 0 Å². The maximum Gasteiger partial charge on any atom is 0.261 e. The van der Waals surface area contributed by atoms with Crippen LogP contribution in [0.15, 0.2) is 36.4 Å². The summed E-state index contributed by atoms with van der Waals surface area (Å²) in [5.74, 6) is 0.392. The number of aryl methyl sites for hydroxylation is 3. The zero-order valence-electron chi connectivity index (χ0n) is 20.6. The van der Waals surface area contributed by atoms with Crippen molar-refractivity contribution in [2.75, 3.05) is 6.61 Å². The zero-order valence-corrected chi connectivity index (χ0v) is 20.6. The predicted molar refractivity (Wildman–Crippen MR) is 130 cm³/mol. The first kappa shape index (κ1) is 25.4. The summed E-state index contributed by atoms with van der Waals surface area (Å²) in [4.78, 5) is 28.0. The molecule has 1 N–H and O–H groups in total. The molecule has 2 amide bonds. The first-order valence-electron chi connectivity index (χ1n) is 11.5. The maximum atomic E-state index is 13.4. The molecule has 32 heavy (non-hydrogen) atoms. The molecule has 0 aliphatic heterocycles. The third-order valence-corrected chi connectivity index (χ3v) is 5.98. The second-order valence-corrected chi connectivity index (χ2v) is 8.74. The average Bonchev–Trinajstić information content (AvgIpc) is 2.76. The van der Waals surface area contributed by atoms with Gasteiger partial charge in [-0.15, -0.1) is 0 Å². The van der Waals surface area contributed by atoms with Crippen LogP contribution in [0, 0.1) is 27.7 Å². The van der Waals surface area contributed by atoms with Crippen LogP contribution in [0.1, 0.15) is 61.4 Å². The van der Waals surface area contributed by atoms with E-state index in [-0.39, 0.29) is 24.5 Å². The van der Waals surface area contributed by atoms with Gasteiger partial charge in [0.2, 0.25) is 5.91 Å².